The number of benzene rings is 2. The van der Waals surface area contributed by atoms with Crippen molar-refractivity contribution in [1.82, 2.24) is 20.1 Å². The van der Waals surface area contributed by atoms with Crippen molar-refractivity contribution in [2.45, 2.75) is 0 Å². The van der Waals surface area contributed by atoms with Crippen LogP contribution < -0.4 is 5.32 Å². The molecular weight excluding hydrogens is 401 g/mol. The van der Waals surface area contributed by atoms with E-state index >= 15 is 0 Å². The van der Waals surface area contributed by atoms with Crippen LogP contribution >= 0.6 is 23.2 Å². The predicted molar refractivity (Wildman–Crippen MR) is 105 cm³/mol. The Morgan fingerprint density at radius 1 is 1.07 bits per heavy atom. The number of carbonyl (C=O) groups excluding carboxylic acids is 1. The summed E-state index contributed by atoms with van der Waals surface area (Å²) in [7, 11) is 0. The molecule has 0 radical (unpaired) electrons. The van der Waals surface area contributed by atoms with Crippen LogP contribution in [0.15, 0.2) is 65.6 Å². The van der Waals surface area contributed by atoms with Gasteiger partial charge < -0.3 is 9.84 Å². The number of anilines is 1. The van der Waals surface area contributed by atoms with Crippen molar-refractivity contribution >= 4 is 34.8 Å². The van der Waals surface area contributed by atoms with Crippen molar-refractivity contribution < 1.29 is 9.32 Å². The van der Waals surface area contributed by atoms with Gasteiger partial charge in [0.2, 0.25) is 5.82 Å². The summed E-state index contributed by atoms with van der Waals surface area (Å²) in [5, 5.41) is 7.67. The molecule has 9 heteroatoms. The van der Waals surface area contributed by atoms with Crippen LogP contribution in [0, 0.1) is 0 Å². The van der Waals surface area contributed by atoms with E-state index in [-0.39, 0.29) is 17.5 Å². The molecule has 2 aromatic carbocycles. The van der Waals surface area contributed by atoms with Gasteiger partial charge in [0.05, 0.1) is 16.8 Å². The normalized spacial score (nSPS) is 10.6. The molecule has 1 N–H and O–H groups in total. The molecule has 138 valence electrons. The first-order valence-corrected chi connectivity index (χ1v) is 8.83. The predicted octanol–water partition coefficient (Wildman–Crippen LogP) is 4.75. The van der Waals surface area contributed by atoms with Crippen molar-refractivity contribution in [1.29, 1.82) is 0 Å². The minimum atomic E-state index is -0.369. The van der Waals surface area contributed by atoms with Crippen LogP contribution in [0.2, 0.25) is 10.0 Å². The summed E-state index contributed by atoms with van der Waals surface area (Å²) in [6.45, 7) is 0. The standard InChI is InChI=1S/C19H11Cl2N5O2/c20-12-4-5-14(15(21)9-12)19-25-17(26-28-19)11-2-1-3-13(8-11)24-18(27)16-10-22-6-7-23-16/h1-10H,(H,24,27). The van der Waals surface area contributed by atoms with Crippen LogP contribution in [0.25, 0.3) is 22.8 Å². The van der Waals surface area contributed by atoms with Gasteiger partial charge in [0, 0.05) is 28.7 Å². The number of amides is 1. The van der Waals surface area contributed by atoms with Crippen LogP contribution in [0.5, 0.6) is 0 Å². The maximum absolute atomic E-state index is 12.2. The summed E-state index contributed by atoms with van der Waals surface area (Å²) in [6.07, 6.45) is 4.34. The second-order valence-electron chi connectivity index (χ2n) is 5.67. The Labute approximate surface area is 169 Å². The molecule has 28 heavy (non-hydrogen) atoms. The van der Waals surface area contributed by atoms with Crippen molar-refractivity contribution in [3.8, 4) is 22.8 Å². The molecule has 4 rings (SSSR count). The van der Waals surface area contributed by atoms with E-state index in [1.165, 1.54) is 18.6 Å². The lowest BCUT2D eigenvalue weighted by Crippen LogP contribution is -2.13. The van der Waals surface area contributed by atoms with Crippen molar-refractivity contribution in [3.63, 3.8) is 0 Å². The van der Waals surface area contributed by atoms with Gasteiger partial charge in [-0.25, -0.2) is 4.98 Å². The molecule has 2 aromatic heterocycles. The summed E-state index contributed by atoms with van der Waals surface area (Å²) in [4.78, 5) is 24.5. The lowest BCUT2D eigenvalue weighted by Gasteiger charge is -2.05. The summed E-state index contributed by atoms with van der Waals surface area (Å²) in [5.74, 6) is 0.259. The number of rotatable bonds is 4. The molecule has 0 unspecified atom stereocenters. The van der Waals surface area contributed by atoms with Gasteiger partial charge in [-0.3, -0.25) is 9.78 Å². The summed E-state index contributed by atoms with van der Waals surface area (Å²) < 4.78 is 5.32. The Morgan fingerprint density at radius 2 is 1.96 bits per heavy atom. The zero-order valence-electron chi connectivity index (χ0n) is 14.1. The highest BCUT2D eigenvalue weighted by atomic mass is 35.5. The van der Waals surface area contributed by atoms with Crippen LogP contribution in [0.3, 0.4) is 0 Å². The Hall–Kier alpha value is -3.29. The van der Waals surface area contributed by atoms with Crippen molar-refractivity contribution in [3.05, 3.63) is 76.8 Å². The topological polar surface area (TPSA) is 93.8 Å². The van der Waals surface area contributed by atoms with Gasteiger partial charge in [0.15, 0.2) is 0 Å². The van der Waals surface area contributed by atoms with E-state index in [0.717, 1.165) is 0 Å². The average Bonchev–Trinajstić information content (AvgIpc) is 3.19. The third-order valence-corrected chi connectivity index (χ3v) is 4.31. The lowest BCUT2D eigenvalue weighted by atomic mass is 10.2. The number of aromatic nitrogens is 4. The molecule has 0 saturated carbocycles. The highest BCUT2D eigenvalue weighted by Gasteiger charge is 2.15. The van der Waals surface area contributed by atoms with E-state index in [0.29, 0.717) is 32.7 Å². The van der Waals surface area contributed by atoms with Gasteiger partial charge in [-0.05, 0) is 30.3 Å². The fourth-order valence-electron chi connectivity index (χ4n) is 2.46. The van der Waals surface area contributed by atoms with Gasteiger partial charge in [0.25, 0.3) is 11.8 Å². The zero-order chi connectivity index (χ0) is 19.5. The van der Waals surface area contributed by atoms with Gasteiger partial charge in [-0.1, -0.05) is 40.5 Å². The molecule has 1 amide bonds. The van der Waals surface area contributed by atoms with Crippen molar-refractivity contribution in [2.24, 2.45) is 0 Å². The van der Waals surface area contributed by atoms with Crippen molar-refractivity contribution in [2.75, 3.05) is 5.32 Å². The number of halogens is 2. The number of nitrogens with one attached hydrogen (secondary N) is 1. The minimum Gasteiger partial charge on any atom is -0.334 e. The second-order valence-corrected chi connectivity index (χ2v) is 6.52. The average molecular weight is 412 g/mol. The first kappa shape index (κ1) is 18.1. The lowest BCUT2D eigenvalue weighted by molar-refractivity contribution is 0.102. The first-order valence-electron chi connectivity index (χ1n) is 8.07. The van der Waals surface area contributed by atoms with E-state index in [9.17, 15) is 4.79 Å². The molecule has 4 aromatic rings. The molecule has 0 aliphatic heterocycles. The summed E-state index contributed by atoms with van der Waals surface area (Å²) >= 11 is 12.1. The van der Waals surface area contributed by atoms with Gasteiger partial charge >= 0.3 is 0 Å². The molecule has 7 nitrogen and oxygen atoms in total. The number of hydrogen-bond acceptors (Lipinski definition) is 6. The second kappa shape index (κ2) is 7.75. The van der Waals surface area contributed by atoms with E-state index in [1.54, 1.807) is 42.5 Å². The Kier molecular flexibility index (Phi) is 5.01. The number of carbonyl (C=O) groups is 1. The molecule has 2 heterocycles. The molecule has 0 spiro atoms. The summed E-state index contributed by atoms with van der Waals surface area (Å²) in [6, 6.07) is 12.0. The highest BCUT2D eigenvalue weighted by Crippen LogP contribution is 2.31. The maximum Gasteiger partial charge on any atom is 0.275 e. The van der Waals surface area contributed by atoms with E-state index in [4.69, 9.17) is 27.7 Å². The Morgan fingerprint density at radius 3 is 2.75 bits per heavy atom. The maximum atomic E-state index is 12.2. The summed E-state index contributed by atoms with van der Waals surface area (Å²) in [5.41, 5.74) is 2.02. The third kappa shape index (κ3) is 3.85. The molecule has 0 aliphatic rings. The third-order valence-electron chi connectivity index (χ3n) is 3.76. The molecule has 0 aliphatic carbocycles. The zero-order valence-corrected chi connectivity index (χ0v) is 15.6. The largest absolute Gasteiger partial charge is 0.334 e. The van der Waals surface area contributed by atoms with Crippen LogP contribution in [-0.2, 0) is 0 Å². The fourth-order valence-corrected chi connectivity index (χ4v) is 2.95. The molecule has 0 atom stereocenters. The van der Waals surface area contributed by atoms with E-state index < -0.39 is 0 Å². The first-order chi connectivity index (χ1) is 13.6. The number of hydrogen-bond donors (Lipinski definition) is 1. The Bertz CT molecular complexity index is 1150. The van der Waals surface area contributed by atoms with Crippen LogP contribution in [0.4, 0.5) is 5.69 Å². The Balaban J connectivity index is 1.58. The SMILES string of the molecule is O=C(Nc1cccc(-c2noc(-c3ccc(Cl)cc3Cl)n2)c1)c1cnccn1. The van der Waals surface area contributed by atoms with Crippen LogP contribution in [0.1, 0.15) is 10.5 Å². The highest BCUT2D eigenvalue weighted by molar-refractivity contribution is 6.36. The molecule has 0 saturated heterocycles. The van der Waals surface area contributed by atoms with E-state index in [2.05, 4.69) is 25.4 Å². The van der Waals surface area contributed by atoms with Gasteiger partial charge in [-0.2, -0.15) is 4.98 Å². The minimum absolute atomic E-state index is 0.215. The van der Waals surface area contributed by atoms with Gasteiger partial charge in [0.1, 0.15) is 5.69 Å². The fraction of sp³-hybridized carbons (Fsp3) is 0. The number of nitrogens with zero attached hydrogens (tertiary/aromatic N) is 4. The smallest absolute Gasteiger partial charge is 0.275 e. The molecular formula is C19H11Cl2N5O2. The van der Waals surface area contributed by atoms with E-state index in [1.807, 2.05) is 0 Å². The molecule has 0 bridgehead atoms. The monoisotopic (exact) mass is 411 g/mol. The quantitative estimate of drug-likeness (QED) is 0.520. The van der Waals surface area contributed by atoms with Gasteiger partial charge in [-0.15, -0.1) is 0 Å². The molecule has 0 fully saturated rings. The van der Waals surface area contributed by atoms with Crippen LogP contribution in [-0.4, -0.2) is 26.0 Å².